The zero-order valence-corrected chi connectivity index (χ0v) is 63.0. The third kappa shape index (κ3) is 69.9. The number of aliphatic hydroxyl groups excluding tert-OH is 1. The lowest BCUT2D eigenvalue weighted by atomic mass is 10.1. The van der Waals surface area contributed by atoms with Gasteiger partial charge in [-0.3, -0.25) is 37.3 Å². The number of esters is 4. The van der Waals surface area contributed by atoms with Crippen LogP contribution in [0, 0.1) is 0 Å². The summed E-state index contributed by atoms with van der Waals surface area (Å²) in [6, 6.07) is 0. The summed E-state index contributed by atoms with van der Waals surface area (Å²) in [7, 11) is -9.97. The first-order valence-corrected chi connectivity index (χ1v) is 40.8. The fraction of sp³-hybridized carbons (Fsp3) is 0.696. The Balaban J connectivity index is 5.38. The Hall–Kier alpha value is -4.54. The van der Waals surface area contributed by atoms with E-state index in [1.165, 1.54) is 64.2 Å². The summed E-state index contributed by atoms with van der Waals surface area (Å²) >= 11 is 0. The molecule has 0 saturated carbocycles. The Labute approximate surface area is 593 Å². The van der Waals surface area contributed by atoms with Crippen molar-refractivity contribution in [1.29, 1.82) is 0 Å². The van der Waals surface area contributed by atoms with Gasteiger partial charge in [-0.2, -0.15) is 0 Å². The van der Waals surface area contributed by atoms with Crippen LogP contribution in [0.15, 0.2) is 122 Å². The molecule has 0 aliphatic rings. The maximum atomic E-state index is 13.1. The third-order valence-corrected chi connectivity index (χ3v) is 17.3. The molecule has 17 nitrogen and oxygen atoms in total. The van der Waals surface area contributed by atoms with Gasteiger partial charge in [0.2, 0.25) is 0 Å². The Morgan fingerprint density at radius 1 is 0.296 bits per heavy atom. The number of aliphatic hydroxyl groups is 1. The van der Waals surface area contributed by atoms with Gasteiger partial charge < -0.3 is 33.8 Å². The van der Waals surface area contributed by atoms with E-state index in [0.29, 0.717) is 32.1 Å². The van der Waals surface area contributed by atoms with E-state index in [-0.39, 0.29) is 25.7 Å². The molecule has 0 aromatic carbocycles. The van der Waals surface area contributed by atoms with Crippen LogP contribution in [0.3, 0.4) is 0 Å². The highest BCUT2D eigenvalue weighted by molar-refractivity contribution is 7.47. The summed E-state index contributed by atoms with van der Waals surface area (Å²) < 4.78 is 68.3. The summed E-state index contributed by atoms with van der Waals surface area (Å²) in [5, 5.41) is 10.6. The molecule has 5 unspecified atom stereocenters. The van der Waals surface area contributed by atoms with Crippen LogP contribution in [0.5, 0.6) is 0 Å². The van der Waals surface area contributed by atoms with Gasteiger partial charge in [0, 0.05) is 25.7 Å². The summed E-state index contributed by atoms with van der Waals surface area (Å²) in [4.78, 5) is 72.7. The standard InChI is InChI=1S/C79H134O17P2/c1-5-9-13-17-21-25-29-32-34-35-36-37-39-42-45-48-52-56-60-64-77(82)89-69-74(95-78(83)65-61-57-53-49-43-28-24-20-16-12-8-4)71-93-97(85,86)91-67-73(80)68-92-98(87,88)94-72-75(96-79(84)66-62-58-54-50-46-40-31-27-23-19-15-11-7-3)70-90-76(81)63-59-55-51-47-44-41-38-33-30-26-22-18-14-10-6-2/h9-10,13-14,21-22,25-27,31-34,36-38,42,45,52,56,73-75,80H,5-8,11-12,15-20,23-24,28-30,35,39-41,43-44,46-51,53-55,57-72H2,1-4H3,(H,85,86)(H,87,88)/b13-9-,14-10-,25-21-,26-22-,31-27-,34-32-,37-36-,38-33-,45-42-,56-52-. The van der Waals surface area contributed by atoms with Gasteiger partial charge in [-0.05, 0) is 122 Å². The molecule has 0 fully saturated rings. The Morgan fingerprint density at radius 2 is 0.551 bits per heavy atom. The monoisotopic (exact) mass is 1420 g/mol. The van der Waals surface area contributed by atoms with Crippen LogP contribution in [0.1, 0.15) is 297 Å². The number of phosphoric ester groups is 2. The Morgan fingerprint density at radius 3 is 0.898 bits per heavy atom. The van der Waals surface area contributed by atoms with Gasteiger partial charge in [-0.25, -0.2) is 9.13 Å². The van der Waals surface area contributed by atoms with Gasteiger partial charge in [0.25, 0.3) is 0 Å². The second-order valence-corrected chi connectivity index (χ2v) is 27.7. The van der Waals surface area contributed by atoms with E-state index >= 15 is 0 Å². The second kappa shape index (κ2) is 70.9. The number of rotatable bonds is 70. The first-order valence-electron chi connectivity index (χ1n) is 37.8. The molecule has 0 spiro atoms. The quantitative estimate of drug-likeness (QED) is 0.0169. The van der Waals surface area contributed by atoms with Gasteiger partial charge in [0.05, 0.1) is 26.4 Å². The second-order valence-electron chi connectivity index (χ2n) is 24.8. The average Bonchev–Trinajstić information content (AvgIpc) is 1.00. The van der Waals surface area contributed by atoms with Gasteiger partial charge in [-0.15, -0.1) is 0 Å². The SMILES string of the molecule is CC/C=C\C/C=C\C/C=C\C/C=C\C/C=C\C/C=C\CCC(=O)OCC(COP(=O)(O)OCC(O)COP(=O)(O)OCC(COC(=O)CCCCCCC/C=C\C/C=C\C/C=C\CC)OC(=O)CCCCCCC/C=C\CCCCCC)OC(=O)CCCCCCCCCCCCC. The van der Waals surface area contributed by atoms with Gasteiger partial charge in [0.1, 0.15) is 19.3 Å². The number of unbranched alkanes of at least 4 members (excludes halogenated alkanes) is 24. The highest BCUT2D eigenvalue weighted by Gasteiger charge is 2.30. The predicted octanol–water partition coefficient (Wildman–Crippen LogP) is 21.6. The Bertz CT molecular complexity index is 2340. The molecule has 5 atom stereocenters. The summed E-state index contributed by atoms with van der Waals surface area (Å²) in [5.41, 5.74) is 0. The third-order valence-electron chi connectivity index (χ3n) is 15.4. The maximum absolute atomic E-state index is 13.1. The molecule has 0 radical (unpaired) electrons. The first kappa shape index (κ1) is 93.5. The number of carbonyl (C=O) groups excluding carboxylic acids is 4. The molecular formula is C79H134O17P2. The molecule has 0 aromatic rings. The lowest BCUT2D eigenvalue weighted by molar-refractivity contribution is -0.161. The number of ether oxygens (including phenoxy) is 4. The van der Waals surface area contributed by atoms with Crippen molar-refractivity contribution in [2.45, 2.75) is 316 Å². The lowest BCUT2D eigenvalue weighted by Crippen LogP contribution is -2.30. The van der Waals surface area contributed by atoms with E-state index < -0.39 is 97.5 Å². The summed E-state index contributed by atoms with van der Waals surface area (Å²) in [6.07, 6.45) is 76.4. The molecule has 0 aliphatic carbocycles. The molecule has 98 heavy (non-hydrogen) atoms. The molecule has 0 amide bonds. The van der Waals surface area contributed by atoms with Crippen molar-refractivity contribution in [3.63, 3.8) is 0 Å². The van der Waals surface area contributed by atoms with E-state index in [9.17, 15) is 43.2 Å². The van der Waals surface area contributed by atoms with Gasteiger partial charge >= 0.3 is 39.5 Å². The number of hydrogen-bond donors (Lipinski definition) is 3. The smallest absolute Gasteiger partial charge is 0.462 e. The van der Waals surface area contributed by atoms with Crippen molar-refractivity contribution in [2.75, 3.05) is 39.6 Å². The van der Waals surface area contributed by atoms with Crippen molar-refractivity contribution in [3.05, 3.63) is 122 Å². The van der Waals surface area contributed by atoms with Crippen LogP contribution in [-0.2, 0) is 65.4 Å². The van der Waals surface area contributed by atoms with Crippen LogP contribution >= 0.6 is 15.6 Å². The molecule has 0 aliphatic heterocycles. The normalized spacial score (nSPS) is 14.6. The van der Waals surface area contributed by atoms with Crippen molar-refractivity contribution < 1.29 is 80.2 Å². The number of carbonyl (C=O) groups is 4. The van der Waals surface area contributed by atoms with Crippen LogP contribution in [-0.4, -0.2) is 96.7 Å². The number of phosphoric acid groups is 2. The number of hydrogen-bond acceptors (Lipinski definition) is 15. The summed E-state index contributed by atoms with van der Waals surface area (Å²) in [6.45, 7) is 4.51. The van der Waals surface area contributed by atoms with E-state index in [1.807, 2.05) is 18.2 Å². The van der Waals surface area contributed by atoms with Crippen molar-refractivity contribution in [2.24, 2.45) is 0 Å². The minimum atomic E-state index is -4.99. The van der Waals surface area contributed by atoms with Crippen LogP contribution in [0.4, 0.5) is 0 Å². The largest absolute Gasteiger partial charge is 0.472 e. The van der Waals surface area contributed by atoms with Crippen LogP contribution < -0.4 is 0 Å². The van der Waals surface area contributed by atoms with Crippen molar-refractivity contribution in [1.82, 2.24) is 0 Å². The van der Waals surface area contributed by atoms with E-state index in [2.05, 4.69) is 131 Å². The molecule has 0 bridgehead atoms. The molecule has 0 rings (SSSR count). The Kier molecular flexibility index (Phi) is 67.6. The molecular weight excluding hydrogens is 1280 g/mol. The topological polar surface area (TPSA) is 237 Å². The van der Waals surface area contributed by atoms with E-state index in [1.54, 1.807) is 0 Å². The van der Waals surface area contributed by atoms with E-state index in [4.69, 9.17) is 37.0 Å². The molecule has 0 aromatic heterocycles. The average molecular weight is 1420 g/mol. The molecule has 3 N–H and O–H groups in total. The minimum Gasteiger partial charge on any atom is -0.462 e. The number of allylic oxidation sites excluding steroid dienone is 20. The zero-order valence-electron chi connectivity index (χ0n) is 61.2. The maximum Gasteiger partial charge on any atom is 0.472 e. The molecule has 0 heterocycles. The molecule has 562 valence electrons. The first-order chi connectivity index (χ1) is 47.7. The highest BCUT2D eigenvalue weighted by Crippen LogP contribution is 2.45. The predicted molar refractivity (Wildman–Crippen MR) is 399 cm³/mol. The fourth-order valence-corrected chi connectivity index (χ4v) is 11.3. The lowest BCUT2D eigenvalue weighted by Gasteiger charge is -2.21. The highest BCUT2D eigenvalue weighted by atomic mass is 31.2. The van der Waals surface area contributed by atoms with Crippen LogP contribution in [0.2, 0.25) is 0 Å². The zero-order chi connectivity index (χ0) is 71.8. The van der Waals surface area contributed by atoms with Gasteiger partial charge in [-0.1, -0.05) is 271 Å². The molecule has 0 saturated heterocycles. The van der Waals surface area contributed by atoms with E-state index in [0.717, 1.165) is 148 Å². The minimum absolute atomic E-state index is 0.0357. The summed E-state index contributed by atoms with van der Waals surface area (Å²) in [5.74, 6) is -2.30. The fourth-order valence-electron chi connectivity index (χ4n) is 9.73. The molecule has 19 heteroatoms. The van der Waals surface area contributed by atoms with Crippen LogP contribution in [0.25, 0.3) is 0 Å². The van der Waals surface area contributed by atoms with Crippen molar-refractivity contribution in [3.8, 4) is 0 Å². The van der Waals surface area contributed by atoms with Crippen molar-refractivity contribution >= 4 is 39.5 Å². The van der Waals surface area contributed by atoms with Gasteiger partial charge in [0.15, 0.2) is 12.2 Å².